The van der Waals surface area contributed by atoms with Crippen LogP contribution in [0.5, 0.6) is 0 Å². The molecule has 0 aliphatic carbocycles. The summed E-state index contributed by atoms with van der Waals surface area (Å²) in [5, 5.41) is 6.60. The second-order valence-electron chi connectivity index (χ2n) is 6.76. The molecule has 1 N–H and O–H groups in total. The first-order valence-corrected chi connectivity index (χ1v) is 8.88. The summed E-state index contributed by atoms with van der Waals surface area (Å²) >= 11 is 0. The van der Waals surface area contributed by atoms with Crippen LogP contribution < -0.4 is 5.32 Å². The van der Waals surface area contributed by atoms with Gasteiger partial charge in [-0.2, -0.15) is 0 Å². The highest BCUT2D eigenvalue weighted by Crippen LogP contribution is 2.13. The van der Waals surface area contributed by atoms with Crippen molar-refractivity contribution in [3.8, 4) is 0 Å². The Morgan fingerprint density at radius 3 is 2.50 bits per heavy atom. The van der Waals surface area contributed by atoms with Crippen LogP contribution in [0.15, 0.2) is 35.4 Å². The number of hydrogen-bond acceptors (Lipinski definition) is 4. The summed E-state index contributed by atoms with van der Waals surface area (Å²) in [6.07, 6.45) is 2.25. The first kappa shape index (κ1) is 21.5. The molecule has 0 unspecified atom stereocenters. The normalized spacial score (nSPS) is 12.8. The van der Waals surface area contributed by atoms with Crippen LogP contribution in [0.25, 0.3) is 10.4 Å². The van der Waals surface area contributed by atoms with E-state index in [4.69, 9.17) is 10.3 Å². The zero-order valence-corrected chi connectivity index (χ0v) is 15.7. The minimum absolute atomic E-state index is 0.116. The van der Waals surface area contributed by atoms with E-state index in [-0.39, 0.29) is 36.8 Å². The summed E-state index contributed by atoms with van der Waals surface area (Å²) in [5.41, 5.74) is 9.81. The Labute approximate surface area is 154 Å². The third kappa shape index (κ3) is 9.08. The smallest absolute Gasteiger partial charge is 0.307 e. The molecule has 2 atom stereocenters. The topological polar surface area (TPSA) is 104 Å². The first-order chi connectivity index (χ1) is 12.4. The van der Waals surface area contributed by atoms with E-state index < -0.39 is 0 Å². The van der Waals surface area contributed by atoms with E-state index >= 15 is 0 Å². The fraction of sp³-hybridized carbons (Fsp3) is 0.579. The number of aryl methyl sites for hydroxylation is 1. The van der Waals surface area contributed by atoms with Crippen LogP contribution >= 0.6 is 0 Å². The van der Waals surface area contributed by atoms with Crippen LogP contribution in [0, 0.1) is 5.92 Å². The van der Waals surface area contributed by atoms with Gasteiger partial charge in [-0.15, -0.1) is 0 Å². The number of nitrogens with one attached hydrogen (secondary N) is 1. The van der Waals surface area contributed by atoms with Crippen LogP contribution in [0.4, 0.5) is 0 Å². The summed E-state index contributed by atoms with van der Waals surface area (Å²) in [7, 11) is 1.33. The molecule has 26 heavy (non-hydrogen) atoms. The van der Waals surface area contributed by atoms with E-state index in [0.717, 1.165) is 12.0 Å². The lowest BCUT2D eigenvalue weighted by atomic mass is 10.00. The number of carbonyl (C=O) groups is 2. The number of azide groups is 1. The van der Waals surface area contributed by atoms with E-state index in [1.165, 1.54) is 7.11 Å². The molecular formula is C19H28N4O3. The Morgan fingerprint density at radius 2 is 1.92 bits per heavy atom. The third-order valence-corrected chi connectivity index (χ3v) is 4.01. The van der Waals surface area contributed by atoms with Crippen LogP contribution in [-0.4, -0.2) is 31.1 Å². The molecule has 0 radical (unpaired) electrons. The average Bonchev–Trinajstić information content (AvgIpc) is 2.60. The van der Waals surface area contributed by atoms with Gasteiger partial charge in [0.2, 0.25) is 5.91 Å². The van der Waals surface area contributed by atoms with Crippen molar-refractivity contribution in [3.05, 3.63) is 46.3 Å². The summed E-state index contributed by atoms with van der Waals surface area (Å²) < 4.78 is 4.73. The standard InChI is InChI=1S/C19H28N4O3/c1-14(2)11-17(22-23-20)12-18(24)21-16(13-19(25)26-3)10-9-15-7-5-4-6-8-15/h4-8,14,16-17H,9-13H2,1-3H3,(H,21,24)/t16-,17-/m1/s1. The van der Waals surface area contributed by atoms with Gasteiger partial charge in [0.05, 0.1) is 13.5 Å². The lowest BCUT2D eigenvalue weighted by molar-refractivity contribution is -0.141. The second kappa shape index (κ2) is 11.9. The highest BCUT2D eigenvalue weighted by atomic mass is 16.5. The molecule has 1 rings (SSSR count). The molecule has 0 aliphatic heterocycles. The zero-order valence-electron chi connectivity index (χ0n) is 15.7. The summed E-state index contributed by atoms with van der Waals surface area (Å²) in [5.74, 6) is -0.260. The van der Waals surface area contributed by atoms with E-state index in [1.54, 1.807) is 0 Å². The molecule has 1 amide bonds. The number of benzene rings is 1. The van der Waals surface area contributed by atoms with Gasteiger partial charge in [0.25, 0.3) is 0 Å². The molecule has 0 fully saturated rings. The molecule has 0 spiro atoms. The Kier molecular flexibility index (Phi) is 9.87. The molecule has 0 saturated carbocycles. The van der Waals surface area contributed by atoms with Crippen molar-refractivity contribution in [1.82, 2.24) is 5.32 Å². The van der Waals surface area contributed by atoms with Gasteiger partial charge in [0.1, 0.15) is 0 Å². The molecule has 1 aromatic carbocycles. The van der Waals surface area contributed by atoms with Gasteiger partial charge < -0.3 is 10.1 Å². The van der Waals surface area contributed by atoms with Gasteiger partial charge in [-0.05, 0) is 36.3 Å². The van der Waals surface area contributed by atoms with Crippen molar-refractivity contribution < 1.29 is 14.3 Å². The highest BCUT2D eigenvalue weighted by molar-refractivity contribution is 5.78. The molecule has 0 saturated heterocycles. The molecule has 7 nitrogen and oxygen atoms in total. The zero-order chi connectivity index (χ0) is 19.4. The van der Waals surface area contributed by atoms with E-state index in [0.29, 0.717) is 18.8 Å². The number of carbonyl (C=O) groups excluding carboxylic acids is 2. The van der Waals surface area contributed by atoms with Gasteiger partial charge >= 0.3 is 5.97 Å². The summed E-state index contributed by atoms with van der Waals surface area (Å²) in [6.45, 7) is 4.02. The Morgan fingerprint density at radius 1 is 1.23 bits per heavy atom. The fourth-order valence-corrected chi connectivity index (χ4v) is 2.78. The van der Waals surface area contributed by atoms with Crippen molar-refractivity contribution in [2.24, 2.45) is 11.0 Å². The maximum atomic E-state index is 12.4. The van der Waals surface area contributed by atoms with Crippen LogP contribution in [-0.2, 0) is 20.7 Å². The van der Waals surface area contributed by atoms with Gasteiger partial charge in [0.15, 0.2) is 0 Å². The van der Waals surface area contributed by atoms with Crippen molar-refractivity contribution in [1.29, 1.82) is 0 Å². The number of rotatable bonds is 11. The van der Waals surface area contributed by atoms with Crippen molar-refractivity contribution >= 4 is 11.9 Å². The van der Waals surface area contributed by atoms with Gasteiger partial charge in [-0.3, -0.25) is 9.59 Å². The van der Waals surface area contributed by atoms with Crippen molar-refractivity contribution in [2.45, 2.75) is 58.0 Å². The molecular weight excluding hydrogens is 332 g/mol. The fourth-order valence-electron chi connectivity index (χ4n) is 2.78. The number of methoxy groups -OCH3 is 1. The molecule has 0 heterocycles. The Balaban J connectivity index is 2.65. The monoisotopic (exact) mass is 360 g/mol. The van der Waals surface area contributed by atoms with Crippen molar-refractivity contribution in [2.75, 3.05) is 7.11 Å². The average molecular weight is 360 g/mol. The predicted octanol–water partition coefficient (Wildman–Crippen LogP) is 3.78. The maximum absolute atomic E-state index is 12.4. The molecule has 7 heteroatoms. The van der Waals surface area contributed by atoms with Crippen LogP contribution in [0.1, 0.15) is 45.1 Å². The predicted molar refractivity (Wildman–Crippen MR) is 100 cm³/mol. The lowest BCUT2D eigenvalue weighted by Gasteiger charge is -2.20. The first-order valence-electron chi connectivity index (χ1n) is 8.88. The quantitative estimate of drug-likeness (QED) is 0.281. The maximum Gasteiger partial charge on any atom is 0.307 e. The minimum atomic E-state index is -0.382. The third-order valence-electron chi connectivity index (χ3n) is 4.01. The van der Waals surface area contributed by atoms with Gasteiger partial charge in [-0.25, -0.2) is 0 Å². The number of amides is 1. The molecule has 0 aromatic heterocycles. The molecule has 1 aromatic rings. The van der Waals surface area contributed by atoms with Gasteiger partial charge in [0, 0.05) is 23.4 Å². The summed E-state index contributed by atoms with van der Waals surface area (Å²) in [4.78, 5) is 26.8. The highest BCUT2D eigenvalue weighted by Gasteiger charge is 2.20. The van der Waals surface area contributed by atoms with Crippen LogP contribution in [0.3, 0.4) is 0 Å². The largest absolute Gasteiger partial charge is 0.469 e. The lowest BCUT2D eigenvalue weighted by Crippen LogP contribution is -2.38. The number of ether oxygens (including phenoxy) is 1. The molecule has 0 bridgehead atoms. The Bertz CT molecular complexity index is 612. The number of hydrogen-bond donors (Lipinski definition) is 1. The minimum Gasteiger partial charge on any atom is -0.469 e. The van der Waals surface area contributed by atoms with Crippen LogP contribution in [0.2, 0.25) is 0 Å². The SMILES string of the molecule is COC(=O)C[C@@H](CCc1ccccc1)NC(=O)C[C@@H](CC(C)C)N=[N+]=[N-]. The van der Waals surface area contributed by atoms with E-state index in [1.807, 2.05) is 44.2 Å². The summed E-state index contributed by atoms with van der Waals surface area (Å²) in [6, 6.07) is 9.18. The number of nitrogens with zero attached hydrogens (tertiary/aromatic N) is 3. The van der Waals surface area contributed by atoms with E-state index in [9.17, 15) is 9.59 Å². The second-order valence-corrected chi connectivity index (χ2v) is 6.76. The van der Waals surface area contributed by atoms with Gasteiger partial charge in [-0.1, -0.05) is 49.3 Å². The Hall–Kier alpha value is -2.53. The number of esters is 1. The molecule has 142 valence electrons. The van der Waals surface area contributed by atoms with Crippen molar-refractivity contribution in [3.63, 3.8) is 0 Å². The van der Waals surface area contributed by atoms with E-state index in [2.05, 4.69) is 15.3 Å². The molecule has 0 aliphatic rings.